The highest BCUT2D eigenvalue weighted by atomic mass is 79.9. The van der Waals surface area contributed by atoms with Crippen LogP contribution in [0.15, 0.2) is 26.3 Å². The number of carbonyl (C=O) groups excluding carboxylic acids is 1. The average Bonchev–Trinajstić information content (AvgIpc) is 3.32. The quantitative estimate of drug-likeness (QED) is 0.768. The fourth-order valence-corrected chi connectivity index (χ4v) is 6.38. The van der Waals surface area contributed by atoms with Crippen molar-refractivity contribution in [1.29, 1.82) is 0 Å². The number of nitrogens with zero attached hydrogens (tertiary/aromatic N) is 2. The van der Waals surface area contributed by atoms with Gasteiger partial charge in [0.2, 0.25) is 5.91 Å². The Morgan fingerprint density at radius 2 is 1.81 bits per heavy atom. The lowest BCUT2D eigenvalue weighted by atomic mass is 9.79. The first-order valence-electron chi connectivity index (χ1n) is 9.05. The molecule has 1 heterocycles. The maximum Gasteiger partial charge on any atom is 0.328 e. The van der Waals surface area contributed by atoms with Crippen molar-refractivity contribution in [2.45, 2.75) is 43.4 Å². The number of aromatic nitrogens is 2. The molecule has 1 amide bonds. The zero-order chi connectivity index (χ0) is 19.6. The molecule has 0 bridgehead atoms. The second-order valence-corrected chi connectivity index (χ2v) is 10.4. The van der Waals surface area contributed by atoms with Crippen molar-refractivity contribution in [1.82, 2.24) is 13.9 Å². The Kier molecular flexibility index (Phi) is 4.30. The predicted molar refractivity (Wildman–Crippen MR) is 105 cm³/mol. The van der Waals surface area contributed by atoms with Crippen molar-refractivity contribution >= 4 is 42.9 Å². The molecule has 1 spiro atoms. The van der Waals surface area contributed by atoms with Crippen molar-refractivity contribution < 1.29 is 13.2 Å². The second-order valence-electron chi connectivity index (χ2n) is 7.93. The number of imidazole rings is 1. The van der Waals surface area contributed by atoms with E-state index < -0.39 is 15.9 Å². The van der Waals surface area contributed by atoms with Gasteiger partial charge in [-0.1, -0.05) is 6.42 Å². The average molecular weight is 456 g/mol. The van der Waals surface area contributed by atoms with Crippen molar-refractivity contribution in [3.8, 4) is 0 Å². The molecule has 4 rings (SSSR count). The molecule has 0 aliphatic heterocycles. The van der Waals surface area contributed by atoms with Crippen LogP contribution in [0.2, 0.25) is 0 Å². The van der Waals surface area contributed by atoms with Gasteiger partial charge in [0.05, 0.1) is 11.0 Å². The van der Waals surface area contributed by atoms with Crippen LogP contribution in [0.3, 0.4) is 0 Å². The van der Waals surface area contributed by atoms with Gasteiger partial charge in [-0.15, -0.1) is 0 Å². The fourth-order valence-electron chi connectivity index (χ4n) is 4.28. The minimum absolute atomic E-state index is 0.0403. The molecule has 2 fully saturated rings. The Morgan fingerprint density at radius 1 is 1.19 bits per heavy atom. The Balaban J connectivity index is 1.65. The first-order valence-corrected chi connectivity index (χ1v) is 11.3. The summed E-state index contributed by atoms with van der Waals surface area (Å²) in [5, 5.41) is 0. The third-order valence-electron chi connectivity index (χ3n) is 6.12. The Morgan fingerprint density at radius 3 is 2.44 bits per heavy atom. The number of carbonyl (C=O) groups is 1. The first-order chi connectivity index (χ1) is 12.6. The summed E-state index contributed by atoms with van der Waals surface area (Å²) in [5.74, 6) is -0.672. The molecule has 2 aliphatic rings. The van der Waals surface area contributed by atoms with Gasteiger partial charge in [-0.25, -0.2) is 17.9 Å². The van der Waals surface area contributed by atoms with Crippen LogP contribution in [0.5, 0.6) is 0 Å². The van der Waals surface area contributed by atoms with Crippen molar-refractivity contribution in [2.24, 2.45) is 25.4 Å². The van der Waals surface area contributed by atoms with Crippen LogP contribution in [-0.2, 0) is 28.9 Å². The minimum Gasteiger partial charge on any atom is -0.295 e. The van der Waals surface area contributed by atoms with Crippen LogP contribution >= 0.6 is 15.9 Å². The summed E-state index contributed by atoms with van der Waals surface area (Å²) in [5.41, 5.74) is 1.15. The SMILES string of the molecule is Cn1c(=O)n(C)c2cc(S(=O)(=O)NC(=O)C3CCCC4(CC4)C3)c(Br)cc21. The largest absolute Gasteiger partial charge is 0.328 e. The number of fused-ring (bicyclic) bond motifs is 1. The van der Waals surface area contributed by atoms with E-state index in [0.717, 1.165) is 38.5 Å². The maximum atomic E-state index is 12.9. The summed E-state index contributed by atoms with van der Waals surface area (Å²) in [6.45, 7) is 0. The molecule has 1 atom stereocenters. The van der Waals surface area contributed by atoms with E-state index in [4.69, 9.17) is 0 Å². The first kappa shape index (κ1) is 18.7. The third kappa shape index (κ3) is 3.14. The molecule has 1 aromatic carbocycles. The van der Waals surface area contributed by atoms with E-state index in [1.807, 2.05) is 0 Å². The number of sulfonamides is 1. The molecule has 2 aromatic rings. The van der Waals surface area contributed by atoms with Crippen LogP contribution in [0.4, 0.5) is 0 Å². The highest BCUT2D eigenvalue weighted by molar-refractivity contribution is 9.10. The zero-order valence-corrected chi connectivity index (χ0v) is 17.7. The normalized spacial score (nSPS) is 21.5. The highest BCUT2D eigenvalue weighted by Gasteiger charge is 2.47. The summed E-state index contributed by atoms with van der Waals surface area (Å²) in [6, 6.07) is 3.02. The molecule has 1 unspecified atom stereocenters. The number of benzene rings is 1. The van der Waals surface area contributed by atoms with Crippen LogP contribution in [0, 0.1) is 11.3 Å². The monoisotopic (exact) mass is 455 g/mol. The predicted octanol–water partition coefficient (Wildman–Crippen LogP) is 2.41. The molecule has 0 saturated heterocycles. The van der Waals surface area contributed by atoms with Gasteiger partial charge in [0.25, 0.3) is 10.0 Å². The van der Waals surface area contributed by atoms with E-state index >= 15 is 0 Å². The van der Waals surface area contributed by atoms with E-state index in [1.54, 1.807) is 20.2 Å². The van der Waals surface area contributed by atoms with Gasteiger partial charge < -0.3 is 0 Å². The summed E-state index contributed by atoms with van der Waals surface area (Å²) < 4.78 is 31.2. The van der Waals surface area contributed by atoms with Crippen molar-refractivity contribution in [3.05, 3.63) is 27.1 Å². The fraction of sp³-hybridized carbons (Fsp3) is 0.556. The van der Waals surface area contributed by atoms with Gasteiger partial charge in [-0.3, -0.25) is 13.9 Å². The summed E-state index contributed by atoms with van der Waals surface area (Å²) in [6.07, 6.45) is 5.92. The molecule has 0 radical (unpaired) electrons. The Hall–Kier alpha value is -1.61. The van der Waals surface area contributed by atoms with Gasteiger partial charge >= 0.3 is 5.69 Å². The van der Waals surface area contributed by atoms with Crippen molar-refractivity contribution in [3.63, 3.8) is 0 Å². The second kappa shape index (κ2) is 6.20. The molecule has 1 aromatic heterocycles. The number of rotatable bonds is 3. The van der Waals surface area contributed by atoms with Crippen molar-refractivity contribution in [2.75, 3.05) is 0 Å². The lowest BCUT2D eigenvalue weighted by molar-refractivity contribution is -0.124. The van der Waals surface area contributed by atoms with Crippen LogP contribution < -0.4 is 10.4 Å². The molecule has 27 heavy (non-hydrogen) atoms. The summed E-state index contributed by atoms with van der Waals surface area (Å²) >= 11 is 3.28. The lowest BCUT2D eigenvalue weighted by Gasteiger charge is -2.28. The number of halogens is 1. The van der Waals surface area contributed by atoms with E-state index in [1.165, 1.54) is 15.2 Å². The van der Waals surface area contributed by atoms with E-state index in [9.17, 15) is 18.0 Å². The zero-order valence-electron chi connectivity index (χ0n) is 15.3. The maximum absolute atomic E-state index is 12.9. The molecule has 2 aliphatic carbocycles. The summed E-state index contributed by atoms with van der Waals surface area (Å²) in [4.78, 5) is 24.7. The molecule has 2 saturated carbocycles. The van der Waals surface area contributed by atoms with E-state index in [2.05, 4.69) is 20.7 Å². The van der Waals surface area contributed by atoms with Gasteiger partial charge in [-0.2, -0.15) is 0 Å². The Bertz CT molecular complexity index is 1110. The molecular weight excluding hydrogens is 434 g/mol. The third-order valence-corrected chi connectivity index (χ3v) is 8.42. The molecule has 1 N–H and O–H groups in total. The van der Waals surface area contributed by atoms with E-state index in [-0.39, 0.29) is 21.9 Å². The lowest BCUT2D eigenvalue weighted by Crippen LogP contribution is -2.38. The van der Waals surface area contributed by atoms with Gasteiger partial charge in [0.15, 0.2) is 0 Å². The smallest absolute Gasteiger partial charge is 0.295 e. The molecule has 9 heteroatoms. The Labute approximate surface area is 165 Å². The van der Waals surface area contributed by atoms with E-state index in [0.29, 0.717) is 15.5 Å². The van der Waals surface area contributed by atoms with Crippen LogP contribution in [0.25, 0.3) is 11.0 Å². The number of nitrogens with one attached hydrogen (secondary N) is 1. The van der Waals surface area contributed by atoms with Crippen LogP contribution in [-0.4, -0.2) is 23.5 Å². The molecular formula is C18H22BrN3O4S. The summed E-state index contributed by atoms with van der Waals surface area (Å²) in [7, 11) is -0.822. The molecule has 7 nitrogen and oxygen atoms in total. The molecule has 146 valence electrons. The number of hydrogen-bond donors (Lipinski definition) is 1. The standard InChI is InChI=1S/C18H22BrN3O4S/c1-21-13-8-12(19)15(9-14(13)22(2)17(21)24)27(25,26)20-16(23)11-4-3-5-18(10-11)6-7-18/h8-9,11H,3-7,10H2,1-2H3,(H,20,23). The topological polar surface area (TPSA) is 90.2 Å². The number of hydrogen-bond acceptors (Lipinski definition) is 4. The number of aryl methyl sites for hydroxylation is 2. The van der Waals surface area contributed by atoms with Gasteiger partial charge in [0.1, 0.15) is 4.90 Å². The highest BCUT2D eigenvalue weighted by Crippen LogP contribution is 2.57. The van der Waals surface area contributed by atoms with Gasteiger partial charge in [-0.05, 0) is 65.6 Å². The number of amides is 1. The van der Waals surface area contributed by atoms with Gasteiger partial charge in [0, 0.05) is 24.5 Å². The minimum atomic E-state index is -4.04. The van der Waals surface area contributed by atoms with Crippen LogP contribution in [0.1, 0.15) is 38.5 Å².